The van der Waals surface area contributed by atoms with E-state index in [1.54, 1.807) is 30.1 Å². The number of hydrogen-bond donors (Lipinski definition) is 1. The summed E-state index contributed by atoms with van der Waals surface area (Å²) in [4.78, 5) is 11.5. The van der Waals surface area contributed by atoms with E-state index < -0.39 is 4.92 Å². The van der Waals surface area contributed by atoms with Crippen molar-refractivity contribution in [2.45, 2.75) is 11.8 Å². The van der Waals surface area contributed by atoms with Gasteiger partial charge in [0.2, 0.25) is 0 Å². The second kappa shape index (κ2) is 10.3. The largest absolute Gasteiger partial charge is 0.493 e. The maximum atomic E-state index is 10.7. The Morgan fingerprint density at radius 1 is 1.10 bits per heavy atom. The van der Waals surface area contributed by atoms with E-state index in [-0.39, 0.29) is 5.69 Å². The molecule has 0 atom stereocenters. The maximum absolute atomic E-state index is 10.7. The number of benzene rings is 3. The molecule has 29 heavy (non-hydrogen) atoms. The number of nitrogens with one attached hydrogen (secondary N) is 1. The van der Waals surface area contributed by atoms with Gasteiger partial charge in [-0.1, -0.05) is 29.8 Å². The van der Waals surface area contributed by atoms with E-state index in [1.807, 2.05) is 24.3 Å². The summed E-state index contributed by atoms with van der Waals surface area (Å²) in [7, 11) is 0. The van der Waals surface area contributed by atoms with E-state index >= 15 is 0 Å². The number of hydrazone groups is 1. The third-order valence-electron chi connectivity index (χ3n) is 3.99. The lowest BCUT2D eigenvalue weighted by atomic mass is 10.2. The monoisotopic (exact) mass is 407 g/mol. The van der Waals surface area contributed by atoms with Crippen LogP contribution in [-0.4, -0.2) is 23.5 Å². The number of nitrogens with zero attached hydrogens (tertiary/aromatic N) is 2. The smallest absolute Gasteiger partial charge is 0.269 e. The van der Waals surface area contributed by atoms with Crippen molar-refractivity contribution in [1.29, 1.82) is 0 Å². The van der Waals surface area contributed by atoms with Crippen molar-refractivity contribution in [3.8, 4) is 5.75 Å². The van der Waals surface area contributed by atoms with E-state index in [0.29, 0.717) is 12.3 Å². The normalized spacial score (nSPS) is 10.8. The van der Waals surface area contributed by atoms with Crippen LogP contribution in [-0.2, 0) is 0 Å². The molecule has 0 saturated carbocycles. The molecule has 148 valence electrons. The zero-order valence-corrected chi connectivity index (χ0v) is 16.8. The number of thioether (sulfide) groups is 1. The minimum atomic E-state index is -0.433. The fourth-order valence-corrected chi connectivity index (χ4v) is 3.21. The summed E-state index contributed by atoms with van der Waals surface area (Å²) in [6.45, 7) is 2.69. The van der Waals surface area contributed by atoms with E-state index in [4.69, 9.17) is 4.74 Å². The molecule has 7 heteroatoms. The molecule has 0 aliphatic rings. The van der Waals surface area contributed by atoms with Crippen molar-refractivity contribution >= 4 is 29.4 Å². The van der Waals surface area contributed by atoms with Crippen LogP contribution >= 0.6 is 11.8 Å². The van der Waals surface area contributed by atoms with Crippen LogP contribution in [0.2, 0.25) is 0 Å². The van der Waals surface area contributed by atoms with Crippen molar-refractivity contribution in [2.75, 3.05) is 17.8 Å². The molecule has 0 fully saturated rings. The van der Waals surface area contributed by atoms with E-state index in [2.05, 4.69) is 41.7 Å². The lowest BCUT2D eigenvalue weighted by Crippen LogP contribution is -2.00. The number of aryl methyl sites for hydroxylation is 1. The molecule has 0 aromatic heterocycles. The highest BCUT2D eigenvalue weighted by Gasteiger charge is 2.03. The van der Waals surface area contributed by atoms with Crippen molar-refractivity contribution in [2.24, 2.45) is 5.10 Å². The van der Waals surface area contributed by atoms with E-state index in [1.165, 1.54) is 22.6 Å². The Labute approximate surface area is 173 Å². The summed E-state index contributed by atoms with van der Waals surface area (Å²) in [5.41, 5.74) is 5.72. The molecule has 0 aliphatic carbocycles. The second-order valence-corrected chi connectivity index (χ2v) is 7.42. The van der Waals surface area contributed by atoms with Gasteiger partial charge in [-0.2, -0.15) is 5.10 Å². The van der Waals surface area contributed by atoms with Crippen LogP contribution in [0.1, 0.15) is 11.1 Å². The Balaban J connectivity index is 1.46. The number of non-ortho nitro benzene ring substituents is 1. The van der Waals surface area contributed by atoms with Gasteiger partial charge >= 0.3 is 0 Å². The third-order valence-corrected chi connectivity index (χ3v) is 4.96. The van der Waals surface area contributed by atoms with Crippen LogP contribution in [0.4, 0.5) is 11.4 Å². The fraction of sp³-hybridized carbons (Fsp3) is 0.136. The summed E-state index contributed by atoms with van der Waals surface area (Å²) in [6, 6.07) is 22.2. The van der Waals surface area contributed by atoms with E-state index in [0.717, 1.165) is 17.1 Å². The molecule has 0 amide bonds. The highest BCUT2D eigenvalue weighted by Crippen LogP contribution is 2.19. The standard InChI is InChI=1S/C22H21N3O3S/c1-17-5-11-22(12-6-17)29-14-13-28-21-4-2-3-18(15-21)16-23-24-19-7-9-20(10-8-19)25(26)27/h2-12,15-16,24H,13-14H2,1H3/b23-16-. The molecule has 0 saturated heterocycles. The summed E-state index contributed by atoms with van der Waals surface area (Å²) in [6.07, 6.45) is 1.68. The molecule has 3 aromatic rings. The molecule has 3 aromatic carbocycles. The third kappa shape index (κ3) is 6.65. The van der Waals surface area contributed by atoms with Gasteiger partial charge in [0.25, 0.3) is 5.69 Å². The van der Waals surface area contributed by atoms with Crippen molar-refractivity contribution < 1.29 is 9.66 Å². The van der Waals surface area contributed by atoms with E-state index in [9.17, 15) is 10.1 Å². The quantitative estimate of drug-likeness (QED) is 0.166. The minimum Gasteiger partial charge on any atom is -0.493 e. The number of nitro groups is 1. The molecule has 0 aliphatic heterocycles. The van der Waals surface area contributed by atoms with Crippen LogP contribution in [0.25, 0.3) is 0 Å². The van der Waals surface area contributed by atoms with Crippen molar-refractivity contribution in [1.82, 2.24) is 0 Å². The first-order valence-corrected chi connectivity index (χ1v) is 10.0. The van der Waals surface area contributed by atoms with Gasteiger partial charge in [0.1, 0.15) is 5.75 Å². The van der Waals surface area contributed by atoms with Gasteiger partial charge in [0, 0.05) is 22.8 Å². The average molecular weight is 407 g/mol. The van der Waals surface area contributed by atoms with Crippen LogP contribution in [0.15, 0.2) is 82.8 Å². The molecule has 0 unspecified atom stereocenters. The molecular weight excluding hydrogens is 386 g/mol. The van der Waals surface area contributed by atoms with Gasteiger partial charge in [-0.05, 0) is 48.9 Å². The molecular formula is C22H21N3O3S. The number of ether oxygens (including phenoxy) is 1. The number of nitro benzene ring substituents is 1. The summed E-state index contributed by atoms with van der Waals surface area (Å²) in [5, 5.41) is 14.8. The fourth-order valence-electron chi connectivity index (χ4n) is 2.48. The van der Waals surface area contributed by atoms with Gasteiger partial charge in [0.05, 0.1) is 23.4 Å². The topological polar surface area (TPSA) is 76.8 Å². The summed E-state index contributed by atoms with van der Waals surface area (Å²) in [5.74, 6) is 1.65. The molecule has 0 bridgehead atoms. The van der Waals surface area contributed by atoms with Crippen LogP contribution in [0.5, 0.6) is 5.75 Å². The average Bonchev–Trinajstić information content (AvgIpc) is 2.73. The van der Waals surface area contributed by atoms with Gasteiger partial charge in [-0.25, -0.2) is 0 Å². The predicted octanol–water partition coefficient (Wildman–Crippen LogP) is 5.52. The summed E-state index contributed by atoms with van der Waals surface area (Å²) >= 11 is 1.76. The first kappa shape index (κ1) is 20.4. The predicted molar refractivity (Wildman–Crippen MR) is 118 cm³/mol. The minimum absolute atomic E-state index is 0.0462. The first-order chi connectivity index (χ1) is 14.1. The van der Waals surface area contributed by atoms with Crippen LogP contribution < -0.4 is 10.2 Å². The highest BCUT2D eigenvalue weighted by molar-refractivity contribution is 7.99. The Morgan fingerprint density at radius 2 is 1.86 bits per heavy atom. The number of anilines is 1. The van der Waals surface area contributed by atoms with Gasteiger partial charge in [0.15, 0.2) is 0 Å². The Kier molecular flexibility index (Phi) is 7.24. The Bertz CT molecular complexity index is 973. The second-order valence-electron chi connectivity index (χ2n) is 6.26. The lowest BCUT2D eigenvalue weighted by molar-refractivity contribution is -0.384. The zero-order chi connectivity index (χ0) is 20.5. The maximum Gasteiger partial charge on any atom is 0.269 e. The molecule has 0 spiro atoms. The first-order valence-electron chi connectivity index (χ1n) is 9.06. The Morgan fingerprint density at radius 3 is 2.59 bits per heavy atom. The highest BCUT2D eigenvalue weighted by atomic mass is 32.2. The van der Waals surface area contributed by atoms with Crippen LogP contribution in [0, 0.1) is 17.0 Å². The van der Waals surface area contributed by atoms with Crippen molar-refractivity contribution in [3.63, 3.8) is 0 Å². The molecule has 3 rings (SSSR count). The number of hydrogen-bond acceptors (Lipinski definition) is 6. The van der Waals surface area contributed by atoms with Gasteiger partial charge in [-0.15, -0.1) is 11.8 Å². The number of rotatable bonds is 9. The molecule has 0 radical (unpaired) electrons. The summed E-state index contributed by atoms with van der Waals surface area (Å²) < 4.78 is 5.83. The molecule has 6 nitrogen and oxygen atoms in total. The van der Waals surface area contributed by atoms with Crippen molar-refractivity contribution in [3.05, 3.63) is 94.0 Å². The lowest BCUT2D eigenvalue weighted by Gasteiger charge is -2.07. The SMILES string of the molecule is Cc1ccc(SCCOc2cccc(/C=N\Nc3ccc([N+](=O)[O-])cc3)c2)cc1. The molecule has 1 N–H and O–H groups in total. The van der Waals surface area contributed by atoms with Gasteiger partial charge in [-0.3, -0.25) is 15.5 Å². The van der Waals surface area contributed by atoms with Crippen LogP contribution in [0.3, 0.4) is 0 Å². The zero-order valence-electron chi connectivity index (χ0n) is 15.9. The van der Waals surface area contributed by atoms with Gasteiger partial charge < -0.3 is 4.74 Å². The molecule has 0 heterocycles. The Hall–Kier alpha value is -3.32.